The number of nitrogens with zero attached hydrogens (tertiary/aromatic N) is 1. The molecule has 2 heterocycles. The van der Waals surface area contributed by atoms with Gasteiger partial charge in [-0.05, 0) is 49.4 Å². The summed E-state index contributed by atoms with van der Waals surface area (Å²) in [5.74, 6) is -0.150. The van der Waals surface area contributed by atoms with Gasteiger partial charge in [0.2, 0.25) is 5.91 Å². The first-order chi connectivity index (χ1) is 10.6. The second kappa shape index (κ2) is 6.48. The quantitative estimate of drug-likeness (QED) is 0.887. The highest BCUT2D eigenvalue weighted by atomic mass is 16.2. The van der Waals surface area contributed by atoms with Gasteiger partial charge in [0, 0.05) is 31.7 Å². The van der Waals surface area contributed by atoms with Crippen LogP contribution in [0.3, 0.4) is 0 Å². The fourth-order valence-electron chi connectivity index (χ4n) is 3.17. The number of carbonyl (C=O) groups is 2. The topological polar surface area (TPSA) is 61.4 Å². The minimum atomic E-state index is -0.475. The molecular formula is C17H23N3O2. The average molecular weight is 301 g/mol. The summed E-state index contributed by atoms with van der Waals surface area (Å²) in [6, 6.07) is 5.26. The van der Waals surface area contributed by atoms with Crippen molar-refractivity contribution in [3.8, 4) is 0 Å². The van der Waals surface area contributed by atoms with Crippen molar-refractivity contribution in [2.75, 3.05) is 13.1 Å². The van der Waals surface area contributed by atoms with Crippen LogP contribution >= 0.6 is 0 Å². The SMILES string of the molecule is CC(NC(=O)c1ccc2c(c1)CNC2)C(=O)N1CCCCC1. The number of likely N-dealkylation sites (tertiary alicyclic amines) is 1. The molecule has 22 heavy (non-hydrogen) atoms. The molecule has 1 unspecified atom stereocenters. The molecule has 2 amide bonds. The Bertz CT molecular complexity index is 579. The van der Waals surface area contributed by atoms with Crippen LogP contribution in [0.5, 0.6) is 0 Å². The number of rotatable bonds is 3. The van der Waals surface area contributed by atoms with Crippen LogP contribution in [0.2, 0.25) is 0 Å². The minimum absolute atomic E-state index is 0.0240. The number of hydrogen-bond donors (Lipinski definition) is 2. The van der Waals surface area contributed by atoms with Gasteiger partial charge < -0.3 is 15.5 Å². The third-order valence-corrected chi connectivity index (χ3v) is 4.49. The zero-order chi connectivity index (χ0) is 15.5. The third kappa shape index (κ3) is 3.14. The lowest BCUT2D eigenvalue weighted by molar-refractivity contribution is -0.133. The van der Waals surface area contributed by atoms with E-state index in [9.17, 15) is 9.59 Å². The summed E-state index contributed by atoms with van der Waals surface area (Å²) in [6.45, 7) is 5.05. The van der Waals surface area contributed by atoms with Crippen LogP contribution in [0.25, 0.3) is 0 Å². The van der Waals surface area contributed by atoms with Gasteiger partial charge >= 0.3 is 0 Å². The predicted molar refractivity (Wildman–Crippen MR) is 84.3 cm³/mol. The fraction of sp³-hybridized carbons (Fsp3) is 0.529. The average Bonchev–Trinajstić information content (AvgIpc) is 3.02. The van der Waals surface area contributed by atoms with Gasteiger partial charge in [-0.3, -0.25) is 9.59 Å². The predicted octanol–water partition coefficient (Wildman–Crippen LogP) is 1.42. The summed E-state index contributed by atoms with van der Waals surface area (Å²) in [5.41, 5.74) is 3.04. The van der Waals surface area contributed by atoms with Crippen molar-refractivity contribution in [3.05, 3.63) is 34.9 Å². The van der Waals surface area contributed by atoms with Crippen molar-refractivity contribution in [2.24, 2.45) is 0 Å². The summed E-state index contributed by atoms with van der Waals surface area (Å²) < 4.78 is 0. The van der Waals surface area contributed by atoms with Crippen LogP contribution in [0.1, 0.15) is 47.7 Å². The minimum Gasteiger partial charge on any atom is -0.341 e. The van der Waals surface area contributed by atoms with Crippen LogP contribution in [-0.2, 0) is 17.9 Å². The molecule has 0 spiro atoms. The number of nitrogens with one attached hydrogen (secondary N) is 2. The Morgan fingerprint density at radius 3 is 2.64 bits per heavy atom. The van der Waals surface area contributed by atoms with E-state index < -0.39 is 6.04 Å². The van der Waals surface area contributed by atoms with Gasteiger partial charge in [0.15, 0.2) is 0 Å². The van der Waals surface area contributed by atoms with E-state index in [2.05, 4.69) is 10.6 Å². The Morgan fingerprint density at radius 2 is 1.86 bits per heavy atom. The van der Waals surface area contributed by atoms with Crippen LogP contribution in [0.4, 0.5) is 0 Å². The Morgan fingerprint density at radius 1 is 1.14 bits per heavy atom. The second-order valence-electron chi connectivity index (χ2n) is 6.17. The molecule has 5 nitrogen and oxygen atoms in total. The molecule has 2 N–H and O–H groups in total. The van der Waals surface area contributed by atoms with Crippen molar-refractivity contribution < 1.29 is 9.59 Å². The molecule has 2 aliphatic heterocycles. The number of hydrogen-bond acceptors (Lipinski definition) is 3. The Hall–Kier alpha value is -1.88. The zero-order valence-electron chi connectivity index (χ0n) is 13.0. The highest BCUT2D eigenvalue weighted by molar-refractivity contribution is 5.97. The molecule has 1 aromatic carbocycles. The molecule has 1 aromatic rings. The maximum absolute atomic E-state index is 12.4. The highest BCUT2D eigenvalue weighted by Crippen LogP contribution is 2.17. The van der Waals surface area contributed by atoms with E-state index in [1.165, 1.54) is 17.5 Å². The van der Waals surface area contributed by atoms with E-state index in [1.807, 2.05) is 23.1 Å². The Balaban J connectivity index is 1.62. The van der Waals surface area contributed by atoms with Crippen LogP contribution in [-0.4, -0.2) is 35.8 Å². The lowest BCUT2D eigenvalue weighted by atomic mass is 10.1. The Kier molecular flexibility index (Phi) is 4.43. The monoisotopic (exact) mass is 301 g/mol. The number of carbonyl (C=O) groups excluding carboxylic acids is 2. The molecule has 1 saturated heterocycles. The molecule has 0 bridgehead atoms. The van der Waals surface area contributed by atoms with Crippen LogP contribution < -0.4 is 10.6 Å². The zero-order valence-corrected chi connectivity index (χ0v) is 13.0. The summed E-state index contributed by atoms with van der Waals surface area (Å²) in [5, 5.41) is 6.10. The number of piperidine rings is 1. The van der Waals surface area contributed by atoms with E-state index in [0.29, 0.717) is 5.56 Å². The third-order valence-electron chi connectivity index (χ3n) is 4.49. The van der Waals surface area contributed by atoms with Crippen molar-refractivity contribution in [1.82, 2.24) is 15.5 Å². The standard InChI is InChI=1S/C17H23N3O2/c1-12(17(22)20-7-3-2-4-8-20)19-16(21)13-5-6-14-10-18-11-15(14)9-13/h5-6,9,12,18H,2-4,7-8,10-11H2,1H3,(H,19,21). The maximum atomic E-state index is 12.4. The number of amides is 2. The second-order valence-corrected chi connectivity index (χ2v) is 6.17. The first kappa shape index (κ1) is 15.0. The van der Waals surface area contributed by atoms with Gasteiger partial charge in [-0.2, -0.15) is 0 Å². The molecule has 118 valence electrons. The molecule has 2 aliphatic rings. The molecule has 0 saturated carbocycles. The van der Waals surface area contributed by atoms with E-state index in [-0.39, 0.29) is 11.8 Å². The van der Waals surface area contributed by atoms with Crippen LogP contribution in [0, 0.1) is 0 Å². The summed E-state index contributed by atoms with van der Waals surface area (Å²) >= 11 is 0. The number of benzene rings is 1. The molecule has 5 heteroatoms. The van der Waals surface area contributed by atoms with E-state index in [1.54, 1.807) is 6.92 Å². The molecular weight excluding hydrogens is 278 g/mol. The summed E-state index contributed by atoms with van der Waals surface area (Å²) in [6.07, 6.45) is 3.31. The molecule has 0 aromatic heterocycles. The highest BCUT2D eigenvalue weighted by Gasteiger charge is 2.24. The van der Waals surface area contributed by atoms with E-state index in [0.717, 1.165) is 39.0 Å². The maximum Gasteiger partial charge on any atom is 0.251 e. The lowest BCUT2D eigenvalue weighted by Crippen LogP contribution is -2.48. The smallest absolute Gasteiger partial charge is 0.251 e. The van der Waals surface area contributed by atoms with E-state index >= 15 is 0 Å². The van der Waals surface area contributed by atoms with Crippen molar-refractivity contribution in [1.29, 1.82) is 0 Å². The largest absolute Gasteiger partial charge is 0.341 e. The van der Waals surface area contributed by atoms with Crippen molar-refractivity contribution in [3.63, 3.8) is 0 Å². The fourth-order valence-corrected chi connectivity index (χ4v) is 3.17. The van der Waals surface area contributed by atoms with Gasteiger partial charge in [0.1, 0.15) is 6.04 Å². The summed E-state index contributed by atoms with van der Waals surface area (Å²) in [4.78, 5) is 26.6. The summed E-state index contributed by atoms with van der Waals surface area (Å²) in [7, 11) is 0. The lowest BCUT2D eigenvalue weighted by Gasteiger charge is -2.29. The number of fused-ring (bicyclic) bond motifs is 1. The normalized spacial score (nSPS) is 18.7. The first-order valence-electron chi connectivity index (χ1n) is 8.07. The van der Waals surface area contributed by atoms with Gasteiger partial charge in [-0.1, -0.05) is 6.07 Å². The molecule has 3 rings (SSSR count). The van der Waals surface area contributed by atoms with Gasteiger partial charge in [0.05, 0.1) is 0 Å². The molecule has 1 fully saturated rings. The molecule has 1 atom stereocenters. The van der Waals surface area contributed by atoms with Crippen molar-refractivity contribution >= 4 is 11.8 Å². The molecule has 0 aliphatic carbocycles. The first-order valence-corrected chi connectivity index (χ1v) is 8.07. The van der Waals surface area contributed by atoms with Gasteiger partial charge in [0.25, 0.3) is 5.91 Å². The van der Waals surface area contributed by atoms with Gasteiger partial charge in [-0.25, -0.2) is 0 Å². The molecule has 0 radical (unpaired) electrons. The van der Waals surface area contributed by atoms with E-state index in [4.69, 9.17) is 0 Å². The van der Waals surface area contributed by atoms with Crippen molar-refractivity contribution in [2.45, 2.75) is 45.3 Å². The Labute approximate surface area is 131 Å². The van der Waals surface area contributed by atoms with Gasteiger partial charge in [-0.15, -0.1) is 0 Å². The van der Waals surface area contributed by atoms with Crippen LogP contribution in [0.15, 0.2) is 18.2 Å².